The normalized spacial score (nSPS) is 12.7. The second kappa shape index (κ2) is 11.5. The standard InChI is InChI=1S/C32H29N5O4/c1-22-9-5-6-12-25(22)31(32(39)33-18-23-10-3-2-4-11-23)36(19-24-15-16-28-29(17-24)41-21-40-28)30(38)20-37-27-14-8-7-13-26(27)34-35-37/h2-17,31H,18-21H2,1H3,(H,33,39)/t31-/m0/s1. The fourth-order valence-corrected chi connectivity index (χ4v) is 5.04. The Kier molecular flexibility index (Phi) is 7.32. The van der Waals surface area contributed by atoms with Crippen molar-refractivity contribution >= 4 is 22.8 Å². The SMILES string of the molecule is Cc1ccccc1[C@@H](C(=O)NCc1ccccc1)N(Cc1ccc2c(c1)OCO2)C(=O)Cn1nnc2ccccc21. The monoisotopic (exact) mass is 547 g/mol. The molecule has 0 radical (unpaired) electrons. The fourth-order valence-electron chi connectivity index (χ4n) is 5.04. The van der Waals surface area contributed by atoms with E-state index >= 15 is 0 Å². The molecular formula is C32H29N5O4. The van der Waals surface area contributed by atoms with Crippen LogP contribution in [0.25, 0.3) is 11.0 Å². The number of nitrogens with one attached hydrogen (secondary N) is 1. The Balaban J connectivity index is 1.38. The maximum Gasteiger partial charge on any atom is 0.247 e. The molecule has 0 fully saturated rings. The molecule has 0 spiro atoms. The van der Waals surface area contributed by atoms with Gasteiger partial charge >= 0.3 is 0 Å². The van der Waals surface area contributed by atoms with Crippen LogP contribution in [0.4, 0.5) is 0 Å². The largest absolute Gasteiger partial charge is 0.454 e. The van der Waals surface area contributed by atoms with E-state index in [9.17, 15) is 9.59 Å². The first-order valence-corrected chi connectivity index (χ1v) is 13.4. The van der Waals surface area contributed by atoms with Gasteiger partial charge in [0.15, 0.2) is 11.5 Å². The molecule has 2 amide bonds. The third-order valence-corrected chi connectivity index (χ3v) is 7.17. The van der Waals surface area contributed by atoms with E-state index in [0.717, 1.165) is 27.8 Å². The van der Waals surface area contributed by atoms with E-state index in [1.54, 1.807) is 9.58 Å². The van der Waals surface area contributed by atoms with Gasteiger partial charge in [-0.1, -0.05) is 78.0 Å². The molecule has 206 valence electrons. The molecule has 1 aliphatic heterocycles. The van der Waals surface area contributed by atoms with E-state index in [1.807, 2.05) is 104 Å². The first-order valence-electron chi connectivity index (χ1n) is 13.4. The van der Waals surface area contributed by atoms with Crippen molar-refractivity contribution in [3.8, 4) is 11.5 Å². The van der Waals surface area contributed by atoms with Gasteiger partial charge in [0.1, 0.15) is 18.1 Å². The van der Waals surface area contributed by atoms with Gasteiger partial charge in [0, 0.05) is 13.1 Å². The van der Waals surface area contributed by atoms with Crippen LogP contribution in [-0.2, 0) is 29.2 Å². The minimum Gasteiger partial charge on any atom is -0.454 e. The summed E-state index contributed by atoms with van der Waals surface area (Å²) in [6, 6.07) is 29.5. The van der Waals surface area contributed by atoms with Crippen LogP contribution in [0.2, 0.25) is 0 Å². The molecule has 9 heteroatoms. The van der Waals surface area contributed by atoms with Crippen molar-refractivity contribution < 1.29 is 19.1 Å². The van der Waals surface area contributed by atoms with Crippen molar-refractivity contribution in [2.75, 3.05) is 6.79 Å². The molecule has 0 unspecified atom stereocenters. The Morgan fingerprint density at radius 3 is 2.51 bits per heavy atom. The molecule has 0 saturated heterocycles. The van der Waals surface area contributed by atoms with Crippen molar-refractivity contribution in [1.29, 1.82) is 0 Å². The van der Waals surface area contributed by atoms with E-state index in [4.69, 9.17) is 9.47 Å². The predicted molar refractivity (Wildman–Crippen MR) is 153 cm³/mol. The van der Waals surface area contributed by atoms with Crippen LogP contribution in [0.5, 0.6) is 11.5 Å². The van der Waals surface area contributed by atoms with Crippen molar-refractivity contribution in [1.82, 2.24) is 25.2 Å². The van der Waals surface area contributed by atoms with Crippen LogP contribution in [0.3, 0.4) is 0 Å². The predicted octanol–water partition coefficient (Wildman–Crippen LogP) is 4.55. The van der Waals surface area contributed by atoms with Gasteiger partial charge in [-0.2, -0.15) is 0 Å². The molecule has 0 saturated carbocycles. The average molecular weight is 548 g/mol. The lowest BCUT2D eigenvalue weighted by molar-refractivity contribution is -0.142. The van der Waals surface area contributed by atoms with Gasteiger partial charge < -0.3 is 19.7 Å². The first-order chi connectivity index (χ1) is 20.1. The number of para-hydroxylation sites is 1. The highest BCUT2D eigenvalue weighted by atomic mass is 16.7. The maximum atomic E-state index is 14.2. The number of fused-ring (bicyclic) bond motifs is 2. The van der Waals surface area contributed by atoms with Crippen LogP contribution < -0.4 is 14.8 Å². The van der Waals surface area contributed by atoms with E-state index < -0.39 is 6.04 Å². The van der Waals surface area contributed by atoms with Gasteiger partial charge in [0.25, 0.3) is 0 Å². The summed E-state index contributed by atoms with van der Waals surface area (Å²) in [6.45, 7) is 2.51. The van der Waals surface area contributed by atoms with Crippen LogP contribution in [-0.4, -0.2) is 38.5 Å². The van der Waals surface area contributed by atoms with Crippen molar-refractivity contribution in [3.63, 3.8) is 0 Å². The number of nitrogens with zero attached hydrogens (tertiary/aromatic N) is 4. The Morgan fingerprint density at radius 2 is 1.66 bits per heavy atom. The number of rotatable bonds is 9. The van der Waals surface area contributed by atoms with Crippen LogP contribution in [0, 0.1) is 6.92 Å². The van der Waals surface area contributed by atoms with Crippen LogP contribution in [0.15, 0.2) is 97.1 Å². The Morgan fingerprint density at radius 1 is 0.902 bits per heavy atom. The minimum atomic E-state index is -0.896. The number of carbonyl (C=O) groups is 2. The lowest BCUT2D eigenvalue weighted by Gasteiger charge is -2.32. The van der Waals surface area contributed by atoms with E-state index in [1.165, 1.54) is 0 Å². The quantitative estimate of drug-likeness (QED) is 0.291. The summed E-state index contributed by atoms with van der Waals surface area (Å²) >= 11 is 0. The molecule has 41 heavy (non-hydrogen) atoms. The number of hydrogen-bond acceptors (Lipinski definition) is 6. The molecular weight excluding hydrogens is 518 g/mol. The summed E-state index contributed by atoms with van der Waals surface area (Å²) in [4.78, 5) is 29.8. The molecule has 6 rings (SSSR count). The Bertz CT molecular complexity index is 1700. The topological polar surface area (TPSA) is 98.6 Å². The smallest absolute Gasteiger partial charge is 0.247 e. The zero-order valence-corrected chi connectivity index (χ0v) is 22.6. The zero-order chi connectivity index (χ0) is 28.2. The Hall–Kier alpha value is -5.18. The van der Waals surface area contributed by atoms with E-state index in [0.29, 0.717) is 23.6 Å². The Labute approximate surface area is 237 Å². The molecule has 0 bridgehead atoms. The van der Waals surface area contributed by atoms with Gasteiger partial charge in [-0.15, -0.1) is 5.10 Å². The second-order valence-electron chi connectivity index (χ2n) is 9.91. The summed E-state index contributed by atoms with van der Waals surface area (Å²) in [7, 11) is 0. The molecule has 1 aromatic heterocycles. The number of hydrogen-bond donors (Lipinski definition) is 1. The minimum absolute atomic E-state index is 0.0839. The lowest BCUT2D eigenvalue weighted by atomic mass is 9.98. The van der Waals surface area contributed by atoms with Gasteiger partial charge in [-0.25, -0.2) is 4.68 Å². The molecule has 4 aromatic carbocycles. The van der Waals surface area contributed by atoms with Crippen molar-refractivity contribution in [3.05, 3.63) is 119 Å². The molecule has 0 aliphatic carbocycles. The highest BCUT2D eigenvalue weighted by Gasteiger charge is 2.33. The van der Waals surface area contributed by atoms with Gasteiger partial charge in [0.2, 0.25) is 18.6 Å². The molecule has 5 aromatic rings. The number of aryl methyl sites for hydroxylation is 1. The number of amides is 2. The summed E-state index contributed by atoms with van der Waals surface area (Å²) in [5.74, 6) is 0.706. The summed E-state index contributed by atoms with van der Waals surface area (Å²) in [6.07, 6.45) is 0. The molecule has 1 atom stereocenters. The first kappa shape index (κ1) is 26.1. The average Bonchev–Trinajstić information content (AvgIpc) is 3.64. The third-order valence-electron chi connectivity index (χ3n) is 7.17. The van der Waals surface area contributed by atoms with Crippen molar-refractivity contribution in [2.45, 2.75) is 32.6 Å². The number of aromatic nitrogens is 3. The molecule has 9 nitrogen and oxygen atoms in total. The van der Waals surface area contributed by atoms with Gasteiger partial charge in [-0.05, 0) is 53.4 Å². The number of benzene rings is 4. The van der Waals surface area contributed by atoms with Crippen molar-refractivity contribution in [2.24, 2.45) is 0 Å². The maximum absolute atomic E-state index is 14.2. The molecule has 1 N–H and O–H groups in total. The summed E-state index contributed by atoms with van der Waals surface area (Å²) < 4.78 is 12.6. The second-order valence-corrected chi connectivity index (χ2v) is 9.91. The van der Waals surface area contributed by atoms with Gasteiger partial charge in [-0.3, -0.25) is 9.59 Å². The zero-order valence-electron chi connectivity index (χ0n) is 22.6. The highest BCUT2D eigenvalue weighted by Crippen LogP contribution is 2.34. The summed E-state index contributed by atoms with van der Waals surface area (Å²) in [5.41, 5.74) is 4.86. The summed E-state index contributed by atoms with van der Waals surface area (Å²) in [5, 5.41) is 11.5. The lowest BCUT2D eigenvalue weighted by Crippen LogP contribution is -2.44. The third kappa shape index (κ3) is 5.60. The highest BCUT2D eigenvalue weighted by molar-refractivity contribution is 5.89. The number of carbonyl (C=O) groups excluding carboxylic acids is 2. The van der Waals surface area contributed by atoms with E-state index in [2.05, 4.69) is 15.6 Å². The van der Waals surface area contributed by atoms with Crippen LogP contribution in [0.1, 0.15) is 28.3 Å². The van der Waals surface area contributed by atoms with Crippen LogP contribution >= 0.6 is 0 Å². The molecule has 1 aliphatic rings. The van der Waals surface area contributed by atoms with E-state index in [-0.39, 0.29) is 31.7 Å². The fraction of sp³-hybridized carbons (Fsp3) is 0.188. The number of ether oxygens (including phenoxy) is 2. The van der Waals surface area contributed by atoms with Gasteiger partial charge in [0.05, 0.1) is 5.52 Å². The molecule has 2 heterocycles.